The van der Waals surface area contributed by atoms with Crippen molar-refractivity contribution in [3.05, 3.63) is 23.9 Å². The molecule has 0 unspecified atom stereocenters. The molecule has 0 spiro atoms. The first-order chi connectivity index (χ1) is 7.26. The van der Waals surface area contributed by atoms with Gasteiger partial charge >= 0.3 is 0 Å². The second kappa shape index (κ2) is 6.34. The zero-order valence-corrected chi connectivity index (χ0v) is 8.97. The van der Waals surface area contributed by atoms with E-state index in [-0.39, 0.29) is 6.29 Å². The molecular formula is C10H16N2O3. The molecule has 1 aromatic heterocycles. The van der Waals surface area contributed by atoms with Crippen molar-refractivity contribution in [3.63, 3.8) is 0 Å². The van der Waals surface area contributed by atoms with E-state index in [1.54, 1.807) is 26.5 Å². The molecule has 15 heavy (non-hydrogen) atoms. The van der Waals surface area contributed by atoms with Gasteiger partial charge in [-0.05, 0) is 17.7 Å². The lowest BCUT2D eigenvalue weighted by Gasteiger charge is -2.13. The summed E-state index contributed by atoms with van der Waals surface area (Å²) in [5.41, 5.74) is 6.51. The number of anilines is 1. The molecule has 0 saturated carbocycles. The first-order valence-electron chi connectivity index (χ1n) is 4.60. The van der Waals surface area contributed by atoms with Gasteiger partial charge in [-0.25, -0.2) is 4.98 Å². The Morgan fingerprint density at radius 2 is 2.13 bits per heavy atom. The van der Waals surface area contributed by atoms with Crippen LogP contribution >= 0.6 is 0 Å². The molecule has 0 bridgehead atoms. The van der Waals surface area contributed by atoms with E-state index >= 15 is 0 Å². The van der Waals surface area contributed by atoms with Crippen molar-refractivity contribution in [1.82, 2.24) is 4.98 Å². The van der Waals surface area contributed by atoms with E-state index in [0.29, 0.717) is 19.0 Å². The summed E-state index contributed by atoms with van der Waals surface area (Å²) < 4.78 is 15.3. The van der Waals surface area contributed by atoms with Gasteiger partial charge in [0, 0.05) is 20.4 Å². The first-order valence-corrected chi connectivity index (χ1v) is 4.60. The largest absolute Gasteiger partial charge is 0.384 e. The number of rotatable bonds is 6. The SMILES string of the molecule is COC(COCc1ccnc(N)c1)OC. The Bertz CT molecular complexity index is 290. The average Bonchev–Trinajstić information content (AvgIpc) is 2.25. The summed E-state index contributed by atoms with van der Waals surface area (Å²) in [6.45, 7) is 0.852. The summed E-state index contributed by atoms with van der Waals surface area (Å²) in [6.07, 6.45) is 1.32. The highest BCUT2D eigenvalue weighted by Crippen LogP contribution is 2.05. The number of pyridine rings is 1. The van der Waals surface area contributed by atoms with Crippen molar-refractivity contribution >= 4 is 5.82 Å². The Kier molecular flexibility index (Phi) is 5.03. The van der Waals surface area contributed by atoms with E-state index in [1.165, 1.54) is 0 Å². The van der Waals surface area contributed by atoms with Crippen LogP contribution < -0.4 is 5.73 Å². The van der Waals surface area contributed by atoms with E-state index in [4.69, 9.17) is 19.9 Å². The third-order valence-corrected chi connectivity index (χ3v) is 1.89. The molecule has 0 aliphatic heterocycles. The lowest BCUT2D eigenvalue weighted by atomic mass is 10.3. The van der Waals surface area contributed by atoms with Crippen LogP contribution in [0.4, 0.5) is 5.82 Å². The second-order valence-corrected chi connectivity index (χ2v) is 3.01. The lowest BCUT2D eigenvalue weighted by Crippen LogP contribution is -2.20. The molecule has 0 amide bonds. The topological polar surface area (TPSA) is 66.6 Å². The van der Waals surface area contributed by atoms with Gasteiger partial charge in [-0.15, -0.1) is 0 Å². The van der Waals surface area contributed by atoms with Crippen LogP contribution in [-0.4, -0.2) is 32.1 Å². The van der Waals surface area contributed by atoms with E-state index in [9.17, 15) is 0 Å². The maximum absolute atomic E-state index is 5.53. The van der Waals surface area contributed by atoms with Crippen LogP contribution in [-0.2, 0) is 20.8 Å². The van der Waals surface area contributed by atoms with Gasteiger partial charge in [-0.2, -0.15) is 0 Å². The number of aromatic nitrogens is 1. The summed E-state index contributed by atoms with van der Waals surface area (Å²) in [4.78, 5) is 3.89. The van der Waals surface area contributed by atoms with Gasteiger partial charge in [0.15, 0.2) is 6.29 Å². The fourth-order valence-electron chi connectivity index (χ4n) is 1.09. The predicted molar refractivity (Wildman–Crippen MR) is 56.1 cm³/mol. The fourth-order valence-corrected chi connectivity index (χ4v) is 1.09. The number of nitrogens with two attached hydrogens (primary N) is 1. The first kappa shape index (κ1) is 11.9. The normalized spacial score (nSPS) is 10.9. The molecule has 5 nitrogen and oxygen atoms in total. The van der Waals surface area contributed by atoms with Crippen molar-refractivity contribution in [2.24, 2.45) is 0 Å². The highest BCUT2D eigenvalue weighted by molar-refractivity contribution is 5.31. The van der Waals surface area contributed by atoms with Crippen LogP contribution in [0.5, 0.6) is 0 Å². The molecule has 0 aromatic carbocycles. The van der Waals surface area contributed by atoms with Gasteiger partial charge < -0.3 is 19.9 Å². The average molecular weight is 212 g/mol. The summed E-state index contributed by atoms with van der Waals surface area (Å²) in [6, 6.07) is 3.62. The minimum Gasteiger partial charge on any atom is -0.384 e. The van der Waals surface area contributed by atoms with Crippen LogP contribution in [0.25, 0.3) is 0 Å². The van der Waals surface area contributed by atoms with E-state index < -0.39 is 0 Å². The number of hydrogen-bond acceptors (Lipinski definition) is 5. The molecule has 84 valence electrons. The zero-order valence-electron chi connectivity index (χ0n) is 8.97. The molecule has 5 heteroatoms. The fraction of sp³-hybridized carbons (Fsp3) is 0.500. The van der Waals surface area contributed by atoms with Crippen LogP contribution in [0, 0.1) is 0 Å². The molecule has 0 aliphatic rings. The third kappa shape index (κ3) is 4.24. The number of nitrogen functional groups attached to an aromatic ring is 1. The quantitative estimate of drug-likeness (QED) is 0.706. The van der Waals surface area contributed by atoms with Crippen molar-refractivity contribution in [2.75, 3.05) is 26.6 Å². The van der Waals surface area contributed by atoms with Gasteiger partial charge in [-0.3, -0.25) is 0 Å². The number of hydrogen-bond donors (Lipinski definition) is 1. The Balaban J connectivity index is 2.31. The molecule has 0 atom stereocenters. The standard InChI is InChI=1S/C10H16N2O3/c1-13-10(14-2)7-15-6-8-3-4-12-9(11)5-8/h3-5,10H,6-7H2,1-2H3,(H2,11,12). The molecular weight excluding hydrogens is 196 g/mol. The van der Waals surface area contributed by atoms with E-state index in [0.717, 1.165) is 5.56 Å². The molecule has 0 saturated heterocycles. The molecule has 1 aromatic rings. The predicted octanol–water partition coefficient (Wildman–Crippen LogP) is 0.799. The highest BCUT2D eigenvalue weighted by atomic mass is 16.7. The van der Waals surface area contributed by atoms with Gasteiger partial charge in [0.1, 0.15) is 5.82 Å². The van der Waals surface area contributed by atoms with Crippen molar-refractivity contribution < 1.29 is 14.2 Å². The van der Waals surface area contributed by atoms with Crippen molar-refractivity contribution in [2.45, 2.75) is 12.9 Å². The van der Waals surface area contributed by atoms with Gasteiger partial charge in [0.05, 0.1) is 13.2 Å². The van der Waals surface area contributed by atoms with Crippen LogP contribution in [0.1, 0.15) is 5.56 Å². The number of methoxy groups -OCH3 is 2. The lowest BCUT2D eigenvalue weighted by molar-refractivity contribution is -0.142. The number of nitrogens with zero attached hydrogens (tertiary/aromatic N) is 1. The molecule has 0 aliphatic carbocycles. The van der Waals surface area contributed by atoms with Gasteiger partial charge in [-0.1, -0.05) is 0 Å². The van der Waals surface area contributed by atoms with Crippen molar-refractivity contribution in [3.8, 4) is 0 Å². The number of ether oxygens (including phenoxy) is 3. The minimum absolute atomic E-state index is 0.329. The van der Waals surface area contributed by atoms with Crippen LogP contribution in [0.15, 0.2) is 18.3 Å². The van der Waals surface area contributed by atoms with Crippen LogP contribution in [0.2, 0.25) is 0 Å². The Hall–Kier alpha value is -1.17. The van der Waals surface area contributed by atoms with Crippen LogP contribution in [0.3, 0.4) is 0 Å². The molecule has 0 fully saturated rings. The van der Waals surface area contributed by atoms with Crippen molar-refractivity contribution in [1.29, 1.82) is 0 Å². The summed E-state index contributed by atoms with van der Waals surface area (Å²) in [5, 5.41) is 0. The third-order valence-electron chi connectivity index (χ3n) is 1.89. The maximum atomic E-state index is 5.53. The highest BCUT2D eigenvalue weighted by Gasteiger charge is 2.04. The smallest absolute Gasteiger partial charge is 0.180 e. The van der Waals surface area contributed by atoms with E-state index in [1.807, 2.05) is 6.07 Å². The second-order valence-electron chi connectivity index (χ2n) is 3.01. The van der Waals surface area contributed by atoms with Gasteiger partial charge in [0.25, 0.3) is 0 Å². The minimum atomic E-state index is -0.329. The molecule has 0 radical (unpaired) electrons. The molecule has 1 heterocycles. The molecule has 2 N–H and O–H groups in total. The monoisotopic (exact) mass is 212 g/mol. The van der Waals surface area contributed by atoms with Gasteiger partial charge in [0.2, 0.25) is 0 Å². The Morgan fingerprint density at radius 1 is 1.40 bits per heavy atom. The maximum Gasteiger partial charge on any atom is 0.180 e. The summed E-state index contributed by atoms with van der Waals surface area (Å²) in [5.74, 6) is 0.492. The summed E-state index contributed by atoms with van der Waals surface area (Å²) in [7, 11) is 3.14. The molecule has 1 rings (SSSR count). The summed E-state index contributed by atoms with van der Waals surface area (Å²) >= 11 is 0. The van der Waals surface area contributed by atoms with E-state index in [2.05, 4.69) is 4.98 Å². The Labute approximate surface area is 89.2 Å². The Morgan fingerprint density at radius 3 is 2.73 bits per heavy atom. The zero-order chi connectivity index (χ0) is 11.1.